The summed E-state index contributed by atoms with van der Waals surface area (Å²) in [5.41, 5.74) is 12.7. The molecular weight excluding hydrogens is 206 g/mol. The van der Waals surface area contributed by atoms with Crippen LogP contribution in [-0.4, -0.2) is 6.04 Å². The predicted molar refractivity (Wildman–Crippen MR) is 76.4 cm³/mol. The molecule has 0 aliphatic rings. The first-order valence-electron chi connectivity index (χ1n) is 6.45. The molecule has 1 nitrogen and oxygen atoms in total. The van der Waals surface area contributed by atoms with E-state index >= 15 is 0 Å². The van der Waals surface area contributed by atoms with E-state index in [4.69, 9.17) is 5.73 Å². The summed E-state index contributed by atoms with van der Waals surface area (Å²) in [6, 6.07) is 4.63. The topological polar surface area (TPSA) is 26.0 Å². The van der Waals surface area contributed by atoms with Gasteiger partial charge in [0, 0.05) is 6.04 Å². The normalized spacial score (nSPS) is 12.5. The SMILES string of the molecule is C=C(C)C(N)Cc1cc(C)c(CCC)c(C)c1. The summed E-state index contributed by atoms with van der Waals surface area (Å²) in [4.78, 5) is 0. The molecule has 0 aliphatic carbocycles. The lowest BCUT2D eigenvalue weighted by molar-refractivity contribution is 0.764. The third kappa shape index (κ3) is 3.71. The summed E-state index contributed by atoms with van der Waals surface area (Å²) in [6.07, 6.45) is 3.26. The second-order valence-electron chi connectivity index (χ2n) is 5.12. The molecule has 0 saturated heterocycles. The average molecular weight is 231 g/mol. The molecule has 1 unspecified atom stereocenters. The lowest BCUT2D eigenvalue weighted by Gasteiger charge is -2.15. The highest BCUT2D eigenvalue weighted by atomic mass is 14.6. The van der Waals surface area contributed by atoms with Gasteiger partial charge in [0.1, 0.15) is 0 Å². The molecule has 0 saturated carbocycles. The second kappa shape index (κ2) is 6.02. The van der Waals surface area contributed by atoms with Crippen molar-refractivity contribution in [3.8, 4) is 0 Å². The molecule has 1 atom stereocenters. The smallest absolute Gasteiger partial charge is 0.0289 e. The van der Waals surface area contributed by atoms with Crippen LogP contribution in [0.25, 0.3) is 0 Å². The van der Waals surface area contributed by atoms with Gasteiger partial charge in [0.25, 0.3) is 0 Å². The van der Waals surface area contributed by atoms with Crippen LogP contribution in [0.15, 0.2) is 24.3 Å². The van der Waals surface area contributed by atoms with Gasteiger partial charge >= 0.3 is 0 Å². The maximum atomic E-state index is 6.05. The maximum absolute atomic E-state index is 6.05. The van der Waals surface area contributed by atoms with Crippen molar-refractivity contribution in [2.45, 2.75) is 53.0 Å². The molecule has 0 aromatic heterocycles. The molecule has 1 rings (SSSR count). The summed E-state index contributed by atoms with van der Waals surface area (Å²) in [5.74, 6) is 0. The van der Waals surface area contributed by atoms with E-state index in [0.717, 1.165) is 12.0 Å². The Morgan fingerprint density at radius 1 is 1.29 bits per heavy atom. The number of hydrogen-bond acceptors (Lipinski definition) is 1. The minimum absolute atomic E-state index is 0.0748. The van der Waals surface area contributed by atoms with Gasteiger partial charge in [-0.2, -0.15) is 0 Å². The highest BCUT2D eigenvalue weighted by molar-refractivity contribution is 5.38. The first-order valence-corrected chi connectivity index (χ1v) is 6.45. The Bertz CT molecular complexity index is 381. The Morgan fingerprint density at radius 3 is 2.24 bits per heavy atom. The van der Waals surface area contributed by atoms with Crippen LogP contribution in [0.4, 0.5) is 0 Å². The van der Waals surface area contributed by atoms with Gasteiger partial charge in [0.2, 0.25) is 0 Å². The average Bonchev–Trinajstić information content (AvgIpc) is 2.23. The van der Waals surface area contributed by atoms with Gasteiger partial charge in [0.05, 0.1) is 0 Å². The van der Waals surface area contributed by atoms with Crippen LogP contribution in [0.5, 0.6) is 0 Å². The number of rotatable bonds is 5. The Kier molecular flexibility index (Phi) is 4.95. The van der Waals surface area contributed by atoms with Crippen molar-refractivity contribution in [1.29, 1.82) is 0 Å². The molecule has 17 heavy (non-hydrogen) atoms. The summed E-state index contributed by atoms with van der Waals surface area (Å²) >= 11 is 0. The van der Waals surface area contributed by atoms with Crippen LogP contribution in [0.2, 0.25) is 0 Å². The van der Waals surface area contributed by atoms with Crippen molar-refractivity contribution in [1.82, 2.24) is 0 Å². The van der Waals surface area contributed by atoms with Crippen molar-refractivity contribution in [3.63, 3.8) is 0 Å². The molecule has 0 bridgehead atoms. The van der Waals surface area contributed by atoms with E-state index in [1.807, 2.05) is 6.92 Å². The summed E-state index contributed by atoms with van der Waals surface area (Å²) in [6.45, 7) is 12.5. The molecule has 0 aliphatic heterocycles. The van der Waals surface area contributed by atoms with E-state index in [2.05, 4.69) is 39.5 Å². The first-order chi connectivity index (χ1) is 7.95. The molecule has 0 radical (unpaired) electrons. The van der Waals surface area contributed by atoms with Crippen LogP contribution in [0, 0.1) is 13.8 Å². The van der Waals surface area contributed by atoms with Gasteiger partial charge in [-0.3, -0.25) is 0 Å². The second-order valence-corrected chi connectivity index (χ2v) is 5.12. The van der Waals surface area contributed by atoms with E-state index in [1.165, 1.54) is 35.1 Å². The Balaban J connectivity index is 2.94. The van der Waals surface area contributed by atoms with Gasteiger partial charge < -0.3 is 5.73 Å². The van der Waals surface area contributed by atoms with Crippen molar-refractivity contribution in [2.75, 3.05) is 0 Å². The van der Waals surface area contributed by atoms with Crippen molar-refractivity contribution < 1.29 is 0 Å². The summed E-state index contributed by atoms with van der Waals surface area (Å²) in [7, 11) is 0. The van der Waals surface area contributed by atoms with E-state index in [1.54, 1.807) is 0 Å². The van der Waals surface area contributed by atoms with Crippen LogP contribution in [0.3, 0.4) is 0 Å². The minimum Gasteiger partial charge on any atom is -0.324 e. The molecular formula is C16H25N. The number of nitrogens with two attached hydrogens (primary N) is 1. The monoisotopic (exact) mass is 231 g/mol. The zero-order chi connectivity index (χ0) is 13.0. The zero-order valence-electron chi connectivity index (χ0n) is 11.6. The molecule has 1 heteroatoms. The fourth-order valence-corrected chi connectivity index (χ4v) is 2.27. The van der Waals surface area contributed by atoms with E-state index in [9.17, 15) is 0 Å². The molecule has 1 aromatic rings. The fourth-order valence-electron chi connectivity index (χ4n) is 2.27. The Hall–Kier alpha value is -1.08. The molecule has 0 spiro atoms. The minimum atomic E-state index is 0.0748. The van der Waals surface area contributed by atoms with E-state index < -0.39 is 0 Å². The van der Waals surface area contributed by atoms with E-state index in [0.29, 0.717) is 0 Å². The standard InChI is InChI=1S/C16H25N/c1-6-7-15-12(4)8-14(9-13(15)5)10-16(17)11(2)3/h8-9,16H,2,6-7,10,17H2,1,3-5H3. The van der Waals surface area contributed by atoms with Crippen LogP contribution in [0.1, 0.15) is 42.5 Å². The summed E-state index contributed by atoms with van der Waals surface area (Å²) < 4.78 is 0. The lowest BCUT2D eigenvalue weighted by atomic mass is 9.93. The zero-order valence-corrected chi connectivity index (χ0v) is 11.6. The van der Waals surface area contributed by atoms with Crippen molar-refractivity contribution >= 4 is 0 Å². The van der Waals surface area contributed by atoms with Crippen molar-refractivity contribution in [2.24, 2.45) is 5.73 Å². The molecule has 94 valence electrons. The molecule has 0 fully saturated rings. The van der Waals surface area contributed by atoms with Gasteiger partial charge in [-0.05, 0) is 55.9 Å². The van der Waals surface area contributed by atoms with E-state index in [-0.39, 0.29) is 6.04 Å². The lowest BCUT2D eigenvalue weighted by Crippen LogP contribution is -2.23. The molecule has 1 aromatic carbocycles. The highest BCUT2D eigenvalue weighted by Crippen LogP contribution is 2.19. The van der Waals surface area contributed by atoms with Gasteiger partial charge in [-0.15, -0.1) is 0 Å². The van der Waals surface area contributed by atoms with Gasteiger partial charge in [-0.25, -0.2) is 0 Å². The Morgan fingerprint density at radius 2 is 1.82 bits per heavy atom. The van der Waals surface area contributed by atoms with Crippen LogP contribution < -0.4 is 5.73 Å². The highest BCUT2D eigenvalue weighted by Gasteiger charge is 2.08. The maximum Gasteiger partial charge on any atom is 0.0289 e. The number of hydrogen-bond donors (Lipinski definition) is 1. The van der Waals surface area contributed by atoms with Gasteiger partial charge in [-0.1, -0.05) is 37.6 Å². The largest absolute Gasteiger partial charge is 0.324 e. The molecule has 0 amide bonds. The van der Waals surface area contributed by atoms with Crippen molar-refractivity contribution in [3.05, 3.63) is 46.5 Å². The van der Waals surface area contributed by atoms with Crippen LogP contribution >= 0.6 is 0 Å². The molecule has 0 heterocycles. The third-order valence-corrected chi connectivity index (χ3v) is 3.34. The predicted octanol–water partition coefficient (Wildman–Crippen LogP) is 3.70. The summed E-state index contributed by atoms with van der Waals surface area (Å²) in [5, 5.41) is 0. The third-order valence-electron chi connectivity index (χ3n) is 3.34. The first kappa shape index (κ1) is 14.0. The quantitative estimate of drug-likeness (QED) is 0.768. The van der Waals surface area contributed by atoms with Gasteiger partial charge in [0.15, 0.2) is 0 Å². The molecule has 2 N–H and O–H groups in total. The fraction of sp³-hybridized carbons (Fsp3) is 0.500. The number of benzene rings is 1. The van der Waals surface area contributed by atoms with Crippen LogP contribution in [-0.2, 0) is 12.8 Å². The number of aryl methyl sites for hydroxylation is 2. The Labute approximate surface area is 106 Å².